The first kappa shape index (κ1) is 35.5. The predicted molar refractivity (Wildman–Crippen MR) is 175 cm³/mol. The Morgan fingerprint density at radius 1 is 0.978 bits per heavy atom. The van der Waals surface area contributed by atoms with E-state index in [0.29, 0.717) is 12.2 Å². The molecule has 2 N–H and O–H groups in total. The summed E-state index contributed by atoms with van der Waals surface area (Å²) in [6, 6.07) is 18.0. The van der Waals surface area contributed by atoms with Crippen molar-refractivity contribution in [3.05, 3.63) is 89.0 Å². The van der Waals surface area contributed by atoms with Crippen LogP contribution in [0.4, 0.5) is 5.69 Å². The van der Waals surface area contributed by atoms with Crippen LogP contribution in [0.1, 0.15) is 58.5 Å². The van der Waals surface area contributed by atoms with Crippen molar-refractivity contribution >= 4 is 45.0 Å². The number of sulfonamides is 1. The van der Waals surface area contributed by atoms with Gasteiger partial charge in [0, 0.05) is 18.7 Å². The molecular weight excluding hydrogens is 618 g/mol. The number of alkyl halides is 1. The highest BCUT2D eigenvalue weighted by molar-refractivity contribution is 7.90. The first-order valence-corrected chi connectivity index (χ1v) is 16.6. The van der Waals surface area contributed by atoms with E-state index in [1.807, 2.05) is 30.7 Å². The van der Waals surface area contributed by atoms with Gasteiger partial charge in [0.2, 0.25) is 5.91 Å². The largest absolute Gasteiger partial charge is 0.496 e. The molecule has 1 fully saturated rings. The molecule has 10 nitrogen and oxygen atoms in total. The number of hydrogen-bond acceptors (Lipinski definition) is 7. The second-order valence-corrected chi connectivity index (χ2v) is 12.5. The van der Waals surface area contributed by atoms with Gasteiger partial charge in [-0.25, -0.2) is 13.1 Å². The van der Waals surface area contributed by atoms with Crippen molar-refractivity contribution in [2.75, 3.05) is 31.6 Å². The monoisotopic (exact) mass is 657 g/mol. The maximum absolute atomic E-state index is 12.4. The fourth-order valence-electron chi connectivity index (χ4n) is 4.67. The van der Waals surface area contributed by atoms with Crippen molar-refractivity contribution in [3.63, 3.8) is 0 Å². The van der Waals surface area contributed by atoms with Gasteiger partial charge in [-0.2, -0.15) is 0 Å². The molecule has 0 heterocycles. The van der Waals surface area contributed by atoms with E-state index in [2.05, 4.69) is 18.3 Å². The number of carbonyl (C=O) groups is 3. The number of anilines is 1. The van der Waals surface area contributed by atoms with E-state index in [-0.39, 0.29) is 46.0 Å². The minimum atomic E-state index is -4.07. The molecule has 45 heavy (non-hydrogen) atoms. The van der Waals surface area contributed by atoms with Crippen molar-refractivity contribution in [2.24, 2.45) is 0 Å². The predicted octanol–water partition coefficient (Wildman–Crippen LogP) is 4.87. The molecular formula is C33H40ClN3O7S. The average Bonchev–Trinajstić information content (AvgIpc) is 3.86. The summed E-state index contributed by atoms with van der Waals surface area (Å²) < 4.78 is 37.1. The van der Waals surface area contributed by atoms with Gasteiger partial charge in [-0.1, -0.05) is 37.3 Å². The number of para-hydroxylation sites is 2. The molecule has 0 spiro atoms. The summed E-state index contributed by atoms with van der Waals surface area (Å²) in [6.45, 7) is 6.56. The van der Waals surface area contributed by atoms with Gasteiger partial charge in [0.15, 0.2) is 0 Å². The van der Waals surface area contributed by atoms with E-state index in [9.17, 15) is 22.8 Å². The Bertz CT molecular complexity index is 1590. The minimum Gasteiger partial charge on any atom is -0.496 e. The Balaban J connectivity index is 0.000000259. The van der Waals surface area contributed by atoms with Crippen molar-refractivity contribution in [2.45, 2.75) is 57.0 Å². The van der Waals surface area contributed by atoms with Crippen LogP contribution in [0.15, 0.2) is 71.6 Å². The van der Waals surface area contributed by atoms with Crippen LogP contribution in [0, 0.1) is 6.92 Å². The van der Waals surface area contributed by atoms with E-state index in [1.54, 1.807) is 30.2 Å². The van der Waals surface area contributed by atoms with Gasteiger partial charge < -0.3 is 19.7 Å². The van der Waals surface area contributed by atoms with Crippen LogP contribution in [0.2, 0.25) is 0 Å². The van der Waals surface area contributed by atoms with E-state index in [0.717, 1.165) is 36.1 Å². The summed E-state index contributed by atoms with van der Waals surface area (Å²) in [6.07, 6.45) is 2.81. The molecule has 0 aliphatic heterocycles. The lowest BCUT2D eigenvalue weighted by atomic mass is 10.0. The molecule has 1 aliphatic rings. The summed E-state index contributed by atoms with van der Waals surface area (Å²) in [5.74, 6) is -0.874. The van der Waals surface area contributed by atoms with Crippen molar-refractivity contribution in [3.8, 4) is 5.75 Å². The third kappa shape index (κ3) is 9.53. The zero-order valence-electron chi connectivity index (χ0n) is 26.1. The van der Waals surface area contributed by atoms with E-state index in [4.69, 9.17) is 21.1 Å². The molecule has 1 saturated carbocycles. The number of halogens is 1. The van der Waals surface area contributed by atoms with Crippen LogP contribution in [0.25, 0.3) is 0 Å². The first-order valence-electron chi connectivity index (χ1n) is 14.5. The van der Waals surface area contributed by atoms with Crippen molar-refractivity contribution in [1.82, 2.24) is 10.0 Å². The molecule has 1 atom stereocenters. The summed E-state index contributed by atoms with van der Waals surface area (Å²) in [5.41, 5.74) is 3.69. The topological polar surface area (TPSA) is 131 Å². The molecule has 3 aromatic rings. The van der Waals surface area contributed by atoms with Crippen molar-refractivity contribution in [1.29, 1.82) is 0 Å². The van der Waals surface area contributed by atoms with Gasteiger partial charge in [0.1, 0.15) is 11.6 Å². The molecule has 0 aromatic heterocycles. The highest BCUT2D eigenvalue weighted by Gasteiger charge is 2.26. The van der Waals surface area contributed by atoms with Crippen LogP contribution in [-0.2, 0) is 26.0 Å². The summed E-state index contributed by atoms with van der Waals surface area (Å²) >= 11 is 5.76. The Hall–Kier alpha value is -3.93. The number of hydrogen-bond donors (Lipinski definition) is 2. The molecule has 12 heteroatoms. The Morgan fingerprint density at radius 2 is 1.64 bits per heavy atom. The molecule has 242 valence electrons. The number of rotatable bonds is 12. The van der Waals surface area contributed by atoms with Gasteiger partial charge in [-0.15, -0.1) is 11.6 Å². The molecule has 1 aliphatic carbocycles. The number of carbonyl (C=O) groups excluding carboxylic acids is 3. The normalized spacial score (nSPS) is 13.1. The number of ether oxygens (including phenoxy) is 2. The number of aryl methyl sites for hydroxylation is 2. The van der Waals surface area contributed by atoms with E-state index in [1.165, 1.54) is 37.4 Å². The molecule has 0 saturated heterocycles. The number of amides is 3. The summed E-state index contributed by atoms with van der Waals surface area (Å²) in [5, 5.41) is 2.82. The number of benzene rings is 3. The van der Waals surface area contributed by atoms with Gasteiger partial charge in [0.05, 0.1) is 35.9 Å². The van der Waals surface area contributed by atoms with Crippen LogP contribution >= 0.6 is 11.6 Å². The van der Waals surface area contributed by atoms with Gasteiger partial charge in [-0.05, 0) is 80.6 Å². The summed E-state index contributed by atoms with van der Waals surface area (Å²) in [4.78, 5) is 38.1. The average molecular weight is 658 g/mol. The molecule has 0 bridgehead atoms. The van der Waals surface area contributed by atoms with Crippen LogP contribution < -0.4 is 19.7 Å². The second kappa shape index (κ2) is 16.4. The zero-order chi connectivity index (χ0) is 33.1. The second-order valence-electron chi connectivity index (χ2n) is 10.5. The third-order valence-electron chi connectivity index (χ3n) is 7.09. The number of methoxy groups -OCH3 is 2. The SMILES string of the molecule is CCc1cccc(C)c1N(C(=O)CCl)[C@@H](C)COC.COc1ccccc1C(=O)NS(=O)(=O)c1ccc(C(=O)NC2CC2)cc1. The fraction of sp³-hybridized carbons (Fsp3) is 0.364. The zero-order valence-corrected chi connectivity index (χ0v) is 27.7. The van der Waals surface area contributed by atoms with Gasteiger partial charge >= 0.3 is 0 Å². The third-order valence-corrected chi connectivity index (χ3v) is 8.67. The first-order chi connectivity index (χ1) is 21.5. The maximum Gasteiger partial charge on any atom is 0.268 e. The lowest BCUT2D eigenvalue weighted by Crippen LogP contribution is -2.43. The smallest absolute Gasteiger partial charge is 0.268 e. The van der Waals surface area contributed by atoms with E-state index < -0.39 is 15.9 Å². The Kier molecular flexibility index (Phi) is 13.0. The van der Waals surface area contributed by atoms with E-state index >= 15 is 0 Å². The number of nitrogens with one attached hydrogen (secondary N) is 2. The lowest BCUT2D eigenvalue weighted by molar-refractivity contribution is -0.116. The lowest BCUT2D eigenvalue weighted by Gasteiger charge is -2.31. The Labute approximate surface area is 270 Å². The van der Waals surface area contributed by atoms with Gasteiger partial charge in [-0.3, -0.25) is 14.4 Å². The molecule has 4 rings (SSSR count). The standard InChI is InChI=1S/C18H18N2O5S.C15H22ClNO2/c1-25-16-5-3-2-4-15(16)18(22)20-26(23,24)14-10-6-12(7-11-14)17(21)19-13-8-9-13;1-5-13-8-6-7-11(2)15(13)17(14(18)9-16)12(3)10-19-4/h2-7,10-11,13H,8-9H2,1H3,(H,19,21)(H,20,22);6-8,12H,5,9-10H2,1-4H3/t;12-/m.0/s1. The number of nitrogens with zero attached hydrogens (tertiary/aromatic N) is 1. The summed E-state index contributed by atoms with van der Waals surface area (Å²) in [7, 11) is -1.04. The van der Waals surface area contributed by atoms with Crippen LogP contribution in [0.3, 0.4) is 0 Å². The van der Waals surface area contributed by atoms with Crippen LogP contribution in [0.5, 0.6) is 5.75 Å². The van der Waals surface area contributed by atoms with Crippen LogP contribution in [-0.4, -0.2) is 64.9 Å². The molecule has 3 aromatic carbocycles. The van der Waals surface area contributed by atoms with Crippen molar-refractivity contribution < 1.29 is 32.3 Å². The highest BCUT2D eigenvalue weighted by Crippen LogP contribution is 2.28. The fourth-order valence-corrected chi connectivity index (χ4v) is 5.77. The van der Waals surface area contributed by atoms with Gasteiger partial charge in [0.25, 0.3) is 21.8 Å². The molecule has 3 amide bonds. The quantitative estimate of drug-likeness (QED) is 0.266. The molecule has 0 radical (unpaired) electrons. The maximum atomic E-state index is 12.4. The molecule has 0 unspecified atom stereocenters. The highest BCUT2D eigenvalue weighted by atomic mass is 35.5. The Morgan fingerprint density at radius 3 is 2.22 bits per heavy atom. The minimum absolute atomic E-state index is 0.0223.